The van der Waals surface area contributed by atoms with Gasteiger partial charge in [-0.1, -0.05) is 6.92 Å². The van der Waals surface area contributed by atoms with E-state index in [1.165, 1.54) is 0 Å². The average Bonchev–Trinajstić information content (AvgIpc) is 2.12. The highest BCUT2D eigenvalue weighted by Crippen LogP contribution is 2.14. The van der Waals surface area contributed by atoms with Crippen LogP contribution >= 0.6 is 11.8 Å². The van der Waals surface area contributed by atoms with E-state index in [4.69, 9.17) is 5.73 Å². The summed E-state index contributed by atoms with van der Waals surface area (Å²) in [4.78, 5) is 10.8. The molecule has 0 spiro atoms. The number of nitrogens with one attached hydrogen (secondary N) is 1. The molecule has 1 atom stereocenters. The Morgan fingerprint density at radius 2 is 2.31 bits per heavy atom. The van der Waals surface area contributed by atoms with E-state index in [2.05, 4.69) is 12.2 Å². The monoisotopic (exact) mass is 204 g/mol. The Balaban J connectivity index is 3.20. The van der Waals surface area contributed by atoms with Crippen molar-refractivity contribution in [2.75, 3.05) is 19.3 Å². The maximum atomic E-state index is 10.8. The third-order valence-corrected chi connectivity index (χ3v) is 3.13. The molecule has 13 heavy (non-hydrogen) atoms. The molecule has 0 saturated carbocycles. The molecule has 0 aliphatic carbocycles. The van der Waals surface area contributed by atoms with Gasteiger partial charge in [0.1, 0.15) is 0 Å². The van der Waals surface area contributed by atoms with E-state index >= 15 is 0 Å². The van der Waals surface area contributed by atoms with Crippen LogP contribution in [0.2, 0.25) is 0 Å². The van der Waals surface area contributed by atoms with E-state index in [1.54, 1.807) is 7.05 Å². The van der Waals surface area contributed by atoms with Crippen LogP contribution in [0.4, 0.5) is 0 Å². The molecule has 0 aliphatic heterocycles. The molecule has 0 fully saturated rings. The van der Waals surface area contributed by atoms with Crippen molar-refractivity contribution in [3.05, 3.63) is 0 Å². The molecule has 1 amide bonds. The van der Waals surface area contributed by atoms with E-state index in [1.807, 2.05) is 11.8 Å². The fourth-order valence-corrected chi connectivity index (χ4v) is 1.98. The summed E-state index contributed by atoms with van der Waals surface area (Å²) in [6.45, 7) is 2.93. The van der Waals surface area contributed by atoms with Crippen molar-refractivity contribution in [3.8, 4) is 0 Å². The summed E-state index contributed by atoms with van der Waals surface area (Å²) < 4.78 is 0. The van der Waals surface area contributed by atoms with Gasteiger partial charge in [-0.15, -0.1) is 0 Å². The Bertz CT molecular complexity index is 142. The number of thioether (sulfide) groups is 1. The lowest BCUT2D eigenvalue weighted by molar-refractivity contribution is -0.120. The summed E-state index contributed by atoms with van der Waals surface area (Å²) in [6.07, 6.45) is 2.66. The molecular formula is C9H20N2OS. The molecule has 0 radical (unpaired) electrons. The summed E-state index contributed by atoms with van der Waals surface area (Å²) in [7, 11) is 1.67. The first-order valence-corrected chi connectivity index (χ1v) is 5.77. The number of nitrogens with two attached hydrogens (primary N) is 1. The van der Waals surface area contributed by atoms with Crippen molar-refractivity contribution >= 4 is 17.7 Å². The van der Waals surface area contributed by atoms with Gasteiger partial charge in [-0.05, 0) is 25.1 Å². The Labute approximate surface area is 84.8 Å². The minimum atomic E-state index is 0.132. The van der Waals surface area contributed by atoms with Crippen LogP contribution in [0.15, 0.2) is 0 Å². The van der Waals surface area contributed by atoms with E-state index in [9.17, 15) is 4.79 Å². The summed E-state index contributed by atoms with van der Waals surface area (Å²) in [5.74, 6) is 1.18. The van der Waals surface area contributed by atoms with Gasteiger partial charge in [-0.25, -0.2) is 0 Å². The third-order valence-electron chi connectivity index (χ3n) is 1.80. The van der Waals surface area contributed by atoms with Crippen LogP contribution in [0.1, 0.15) is 26.2 Å². The molecule has 0 aromatic rings. The van der Waals surface area contributed by atoms with Crippen molar-refractivity contribution in [3.63, 3.8) is 0 Å². The number of hydrogen-bond acceptors (Lipinski definition) is 3. The normalized spacial score (nSPS) is 12.5. The van der Waals surface area contributed by atoms with Crippen LogP contribution in [0.3, 0.4) is 0 Å². The predicted molar refractivity (Wildman–Crippen MR) is 58.9 cm³/mol. The number of rotatable bonds is 7. The van der Waals surface area contributed by atoms with Gasteiger partial charge in [0.25, 0.3) is 0 Å². The highest BCUT2D eigenvalue weighted by molar-refractivity contribution is 7.99. The fraction of sp³-hybridized carbons (Fsp3) is 0.889. The molecule has 1 unspecified atom stereocenters. The quantitative estimate of drug-likeness (QED) is 0.608. The van der Waals surface area contributed by atoms with Crippen LogP contribution in [0.25, 0.3) is 0 Å². The molecular weight excluding hydrogens is 184 g/mol. The third kappa shape index (κ3) is 8.12. The van der Waals surface area contributed by atoms with Gasteiger partial charge >= 0.3 is 0 Å². The van der Waals surface area contributed by atoms with E-state index in [-0.39, 0.29) is 5.91 Å². The maximum absolute atomic E-state index is 10.8. The molecule has 0 aromatic heterocycles. The number of carbonyl (C=O) groups is 1. The van der Waals surface area contributed by atoms with Gasteiger partial charge in [0, 0.05) is 18.7 Å². The van der Waals surface area contributed by atoms with Crippen molar-refractivity contribution in [1.29, 1.82) is 0 Å². The Hall–Kier alpha value is -0.220. The van der Waals surface area contributed by atoms with Gasteiger partial charge in [0.2, 0.25) is 5.91 Å². The first-order chi connectivity index (χ1) is 6.20. The summed E-state index contributed by atoms with van der Waals surface area (Å²) in [6, 6.07) is 0. The SMILES string of the molecule is CNC(=O)CCCSC(C)CCN. The molecule has 3 N–H and O–H groups in total. The zero-order chi connectivity index (χ0) is 10.1. The maximum Gasteiger partial charge on any atom is 0.219 e. The highest BCUT2D eigenvalue weighted by atomic mass is 32.2. The predicted octanol–water partition coefficient (Wildman–Crippen LogP) is 0.983. The minimum Gasteiger partial charge on any atom is -0.359 e. The van der Waals surface area contributed by atoms with E-state index in [0.717, 1.165) is 25.1 Å². The van der Waals surface area contributed by atoms with Crippen molar-refractivity contribution in [2.24, 2.45) is 5.73 Å². The zero-order valence-corrected chi connectivity index (χ0v) is 9.32. The Morgan fingerprint density at radius 1 is 1.62 bits per heavy atom. The fourth-order valence-electron chi connectivity index (χ4n) is 0.960. The summed E-state index contributed by atoms with van der Waals surface area (Å²) in [5.41, 5.74) is 5.43. The summed E-state index contributed by atoms with van der Waals surface area (Å²) >= 11 is 1.89. The van der Waals surface area contributed by atoms with Gasteiger partial charge in [-0.3, -0.25) is 4.79 Å². The van der Waals surface area contributed by atoms with Crippen LogP contribution in [-0.4, -0.2) is 30.5 Å². The van der Waals surface area contributed by atoms with Crippen molar-refractivity contribution in [2.45, 2.75) is 31.4 Å². The minimum absolute atomic E-state index is 0.132. The molecule has 0 rings (SSSR count). The van der Waals surface area contributed by atoms with Crippen LogP contribution in [-0.2, 0) is 4.79 Å². The largest absolute Gasteiger partial charge is 0.359 e. The molecule has 78 valence electrons. The number of amides is 1. The topological polar surface area (TPSA) is 55.1 Å². The second kappa shape index (κ2) is 8.38. The van der Waals surface area contributed by atoms with Crippen molar-refractivity contribution in [1.82, 2.24) is 5.32 Å². The molecule has 0 aromatic carbocycles. The molecule has 4 heteroatoms. The number of carbonyl (C=O) groups excluding carboxylic acids is 1. The Kier molecular flexibility index (Phi) is 8.24. The lowest BCUT2D eigenvalue weighted by atomic mass is 10.3. The van der Waals surface area contributed by atoms with E-state index < -0.39 is 0 Å². The lowest BCUT2D eigenvalue weighted by Gasteiger charge is -2.08. The average molecular weight is 204 g/mol. The number of hydrogen-bond donors (Lipinski definition) is 2. The molecule has 3 nitrogen and oxygen atoms in total. The first kappa shape index (κ1) is 12.8. The van der Waals surface area contributed by atoms with Gasteiger partial charge < -0.3 is 11.1 Å². The Morgan fingerprint density at radius 3 is 2.85 bits per heavy atom. The molecule has 0 aliphatic rings. The van der Waals surface area contributed by atoms with Gasteiger partial charge in [-0.2, -0.15) is 11.8 Å². The van der Waals surface area contributed by atoms with Gasteiger partial charge in [0.05, 0.1) is 0 Å². The van der Waals surface area contributed by atoms with Crippen LogP contribution in [0, 0.1) is 0 Å². The van der Waals surface area contributed by atoms with Crippen LogP contribution < -0.4 is 11.1 Å². The van der Waals surface area contributed by atoms with Crippen LogP contribution in [0.5, 0.6) is 0 Å². The smallest absolute Gasteiger partial charge is 0.219 e. The second-order valence-corrected chi connectivity index (χ2v) is 4.58. The highest BCUT2D eigenvalue weighted by Gasteiger charge is 2.02. The zero-order valence-electron chi connectivity index (χ0n) is 8.51. The standard InChI is InChI=1S/C9H20N2OS/c1-8(5-6-10)13-7-3-4-9(12)11-2/h8H,3-7,10H2,1-2H3,(H,11,12). The first-order valence-electron chi connectivity index (χ1n) is 4.73. The lowest BCUT2D eigenvalue weighted by Crippen LogP contribution is -2.17. The summed E-state index contributed by atoms with van der Waals surface area (Å²) in [5, 5.41) is 3.23. The molecule has 0 heterocycles. The molecule has 0 bridgehead atoms. The van der Waals surface area contributed by atoms with E-state index in [0.29, 0.717) is 11.7 Å². The van der Waals surface area contributed by atoms with Crippen molar-refractivity contribution < 1.29 is 4.79 Å². The van der Waals surface area contributed by atoms with Gasteiger partial charge in [0.15, 0.2) is 0 Å². The molecule has 0 saturated heterocycles. The second-order valence-electron chi connectivity index (χ2n) is 3.04.